The zero-order valence-electron chi connectivity index (χ0n) is 28.6. The van der Waals surface area contributed by atoms with Crippen LogP contribution < -0.4 is 5.32 Å². The van der Waals surface area contributed by atoms with Crippen LogP contribution in [0.3, 0.4) is 0 Å². The van der Waals surface area contributed by atoms with Crippen molar-refractivity contribution in [2.75, 3.05) is 138 Å². The minimum absolute atomic E-state index is 0.0517. The number of carbonyl (C=O) groups is 1. The molecule has 0 radical (unpaired) electrons. The maximum absolute atomic E-state index is 12.2. The number of benzene rings is 2. The molecule has 276 valence electrons. The quantitative estimate of drug-likeness (QED) is 0.0864. The molecule has 2 aromatic carbocycles. The first-order valence-electron chi connectivity index (χ1n) is 17.2. The van der Waals surface area contributed by atoms with Gasteiger partial charge in [0.2, 0.25) is 0 Å². The molecule has 0 heterocycles. The Morgan fingerprint density at radius 3 is 1.24 bits per heavy atom. The third-order valence-electron chi connectivity index (χ3n) is 7.28. The predicted molar refractivity (Wildman–Crippen MR) is 186 cm³/mol. The fourth-order valence-electron chi connectivity index (χ4n) is 4.93. The Morgan fingerprint density at radius 2 is 0.857 bits per heavy atom. The van der Waals surface area contributed by atoms with E-state index in [2.05, 4.69) is 29.6 Å². The first-order valence-corrected chi connectivity index (χ1v) is 17.7. The Kier molecular flexibility index (Phi) is 23.8. The summed E-state index contributed by atoms with van der Waals surface area (Å²) < 4.78 is 54.6. The summed E-state index contributed by atoms with van der Waals surface area (Å²) in [6.07, 6.45) is 0.273. The molecule has 2 aromatic rings. The van der Waals surface area contributed by atoms with Gasteiger partial charge in [-0.1, -0.05) is 48.5 Å². The molecule has 3 rings (SSSR count). The number of hydrogen-bond donors (Lipinski definition) is 1. The van der Waals surface area contributed by atoms with Crippen molar-refractivity contribution in [1.82, 2.24) is 5.32 Å². The van der Waals surface area contributed by atoms with Crippen LogP contribution in [-0.2, 0) is 47.4 Å². The van der Waals surface area contributed by atoms with Crippen LogP contribution in [0.25, 0.3) is 11.1 Å². The van der Waals surface area contributed by atoms with E-state index in [1.807, 2.05) is 24.3 Å². The van der Waals surface area contributed by atoms with Gasteiger partial charge in [0.1, 0.15) is 6.61 Å². The van der Waals surface area contributed by atoms with E-state index in [0.717, 1.165) is 0 Å². The maximum Gasteiger partial charge on any atom is 0.407 e. The lowest BCUT2D eigenvalue weighted by atomic mass is 9.98. The standard InChI is InChI=1S/C36H54ClNO11/c37-10-13-41-15-17-43-19-21-45-23-25-47-27-29-48-28-26-46-24-22-44-20-18-42-16-14-40-12-5-11-38-36(39)49-30-35-33-8-3-1-6-31(33)32-7-2-4-9-34(32)35/h1-4,6-9,35H,5,10-30H2,(H,38,39). The lowest BCUT2D eigenvalue weighted by Crippen LogP contribution is -2.27. The van der Waals surface area contributed by atoms with Crippen molar-refractivity contribution in [2.24, 2.45) is 0 Å². The molecule has 0 aromatic heterocycles. The van der Waals surface area contributed by atoms with Crippen LogP contribution in [0, 0.1) is 0 Å². The number of fused-ring (bicyclic) bond motifs is 3. The summed E-state index contributed by atoms with van der Waals surface area (Å²) in [5.41, 5.74) is 4.81. The number of alkyl halides is 1. The van der Waals surface area contributed by atoms with Gasteiger partial charge in [-0.25, -0.2) is 4.79 Å². The maximum atomic E-state index is 12.2. The van der Waals surface area contributed by atoms with Crippen molar-refractivity contribution in [1.29, 1.82) is 0 Å². The predicted octanol–water partition coefficient (Wildman–Crippen LogP) is 4.30. The molecule has 12 nitrogen and oxygen atoms in total. The van der Waals surface area contributed by atoms with Gasteiger partial charge in [-0.2, -0.15) is 0 Å². The van der Waals surface area contributed by atoms with Crippen molar-refractivity contribution < 1.29 is 52.2 Å². The summed E-state index contributed by atoms with van der Waals surface area (Å²) in [5.74, 6) is 0.546. The molecule has 0 atom stereocenters. The zero-order valence-corrected chi connectivity index (χ0v) is 29.4. The zero-order chi connectivity index (χ0) is 34.5. The van der Waals surface area contributed by atoms with Crippen LogP contribution in [0.5, 0.6) is 0 Å². The summed E-state index contributed by atoms with van der Waals surface area (Å²) in [5, 5.41) is 2.80. The van der Waals surface area contributed by atoms with Crippen LogP contribution in [-0.4, -0.2) is 144 Å². The third kappa shape index (κ3) is 18.4. The Balaban J connectivity index is 0.979. The molecular weight excluding hydrogens is 658 g/mol. The van der Waals surface area contributed by atoms with Crippen LogP contribution in [0.15, 0.2) is 48.5 Å². The Bertz CT molecular complexity index is 1070. The molecule has 0 unspecified atom stereocenters. The molecule has 0 aliphatic heterocycles. The molecule has 1 amide bonds. The highest BCUT2D eigenvalue weighted by Crippen LogP contribution is 2.44. The molecule has 13 heteroatoms. The second-order valence-corrected chi connectivity index (χ2v) is 11.2. The van der Waals surface area contributed by atoms with E-state index in [1.165, 1.54) is 22.3 Å². The van der Waals surface area contributed by atoms with Crippen LogP contribution in [0.4, 0.5) is 4.79 Å². The van der Waals surface area contributed by atoms with Crippen LogP contribution in [0.1, 0.15) is 23.5 Å². The first kappa shape index (κ1) is 41.1. The monoisotopic (exact) mass is 711 g/mol. The average molecular weight is 712 g/mol. The van der Waals surface area contributed by atoms with Gasteiger partial charge in [0, 0.05) is 24.9 Å². The van der Waals surface area contributed by atoms with Crippen molar-refractivity contribution in [3.63, 3.8) is 0 Å². The third-order valence-corrected chi connectivity index (χ3v) is 7.43. The van der Waals surface area contributed by atoms with E-state index in [0.29, 0.717) is 144 Å². The van der Waals surface area contributed by atoms with Crippen molar-refractivity contribution in [3.05, 3.63) is 59.7 Å². The van der Waals surface area contributed by atoms with Gasteiger partial charge in [0.05, 0.1) is 112 Å². The summed E-state index contributed by atoms with van der Waals surface area (Å²) in [6, 6.07) is 16.6. The van der Waals surface area contributed by atoms with E-state index >= 15 is 0 Å². The van der Waals surface area contributed by atoms with Gasteiger partial charge >= 0.3 is 6.09 Å². The number of rotatable bonds is 32. The number of halogens is 1. The Hall–Kier alpha value is -2.36. The highest BCUT2D eigenvalue weighted by atomic mass is 35.5. The fraction of sp³-hybridized carbons (Fsp3) is 0.639. The van der Waals surface area contributed by atoms with E-state index in [1.54, 1.807) is 0 Å². The largest absolute Gasteiger partial charge is 0.449 e. The molecule has 49 heavy (non-hydrogen) atoms. The molecular formula is C36H54ClNO11. The highest BCUT2D eigenvalue weighted by Gasteiger charge is 2.28. The number of amides is 1. The second-order valence-electron chi connectivity index (χ2n) is 10.8. The Morgan fingerprint density at radius 1 is 0.510 bits per heavy atom. The summed E-state index contributed by atoms with van der Waals surface area (Å²) in [6.45, 7) is 9.94. The van der Waals surface area contributed by atoms with Gasteiger partial charge in [-0.15, -0.1) is 11.6 Å². The highest BCUT2D eigenvalue weighted by molar-refractivity contribution is 6.17. The number of alkyl carbamates (subject to hydrolysis) is 1. The molecule has 1 aliphatic carbocycles. The normalized spacial score (nSPS) is 12.3. The van der Waals surface area contributed by atoms with E-state index in [-0.39, 0.29) is 5.92 Å². The lowest BCUT2D eigenvalue weighted by Gasteiger charge is -2.14. The van der Waals surface area contributed by atoms with Gasteiger partial charge in [-0.3, -0.25) is 0 Å². The van der Waals surface area contributed by atoms with Crippen molar-refractivity contribution in [2.45, 2.75) is 12.3 Å². The smallest absolute Gasteiger partial charge is 0.407 e. The van der Waals surface area contributed by atoms with Crippen LogP contribution >= 0.6 is 11.6 Å². The summed E-state index contributed by atoms with van der Waals surface area (Å²) >= 11 is 5.52. The van der Waals surface area contributed by atoms with Gasteiger partial charge in [-0.05, 0) is 28.7 Å². The van der Waals surface area contributed by atoms with E-state index in [4.69, 9.17) is 59.0 Å². The van der Waals surface area contributed by atoms with Crippen molar-refractivity contribution in [3.8, 4) is 11.1 Å². The number of ether oxygens (including phenoxy) is 10. The van der Waals surface area contributed by atoms with Gasteiger partial charge in [0.25, 0.3) is 0 Å². The van der Waals surface area contributed by atoms with Gasteiger partial charge in [0.15, 0.2) is 0 Å². The number of nitrogens with one attached hydrogen (secondary N) is 1. The number of carbonyl (C=O) groups excluding carboxylic acids is 1. The molecule has 1 N–H and O–H groups in total. The minimum atomic E-state index is -0.414. The van der Waals surface area contributed by atoms with E-state index in [9.17, 15) is 4.79 Å². The molecule has 0 saturated heterocycles. The number of hydrogen-bond acceptors (Lipinski definition) is 11. The minimum Gasteiger partial charge on any atom is -0.449 e. The van der Waals surface area contributed by atoms with E-state index < -0.39 is 6.09 Å². The fourth-order valence-corrected chi connectivity index (χ4v) is 5.04. The van der Waals surface area contributed by atoms with Gasteiger partial charge < -0.3 is 52.7 Å². The molecule has 0 spiro atoms. The molecule has 0 bridgehead atoms. The molecule has 0 fully saturated rings. The SMILES string of the molecule is O=C(NCCCOCCOCCOCCOCCOCCOCCOCCOCCOCCCl)OCC1c2ccccc2-c2ccccc21. The van der Waals surface area contributed by atoms with Crippen molar-refractivity contribution >= 4 is 17.7 Å². The molecule has 1 aliphatic rings. The first-order chi connectivity index (χ1) is 24.3. The lowest BCUT2D eigenvalue weighted by molar-refractivity contribution is -0.0248. The summed E-state index contributed by atoms with van der Waals surface area (Å²) in [4.78, 5) is 12.2. The van der Waals surface area contributed by atoms with Crippen LogP contribution in [0.2, 0.25) is 0 Å². The second kappa shape index (κ2) is 28.3. The topological polar surface area (TPSA) is 121 Å². The average Bonchev–Trinajstić information content (AvgIpc) is 3.45. The molecule has 0 saturated carbocycles. The Labute approximate surface area is 295 Å². The summed E-state index contributed by atoms with van der Waals surface area (Å²) in [7, 11) is 0.